The Balaban J connectivity index is 1.36. The first-order chi connectivity index (χ1) is 22.8. The molecule has 0 radical (unpaired) electrons. The van der Waals surface area contributed by atoms with Gasteiger partial charge in [0.25, 0.3) is 0 Å². The predicted octanol–water partition coefficient (Wildman–Crippen LogP) is 13.5. The van der Waals surface area contributed by atoms with Crippen molar-refractivity contribution in [3.8, 4) is 11.1 Å². The van der Waals surface area contributed by atoms with Crippen molar-refractivity contribution in [2.45, 2.75) is 0 Å². The number of para-hydroxylation sites is 3. The Hall–Kier alpha value is -5.42. The van der Waals surface area contributed by atoms with Crippen LogP contribution in [0, 0.1) is 0 Å². The fourth-order valence-electron chi connectivity index (χ4n) is 7.03. The molecule has 0 aliphatic rings. The second-order valence-electron chi connectivity index (χ2n) is 11.7. The molecule has 0 saturated carbocycles. The summed E-state index contributed by atoms with van der Waals surface area (Å²) < 4.78 is 11.7. The Kier molecular flexibility index (Phi) is 5.65. The largest absolute Gasteiger partial charge is 0.455 e. The van der Waals surface area contributed by atoms with Gasteiger partial charge in [0.05, 0.1) is 5.69 Å². The average molecular weight is 624 g/mol. The maximum Gasteiger partial charge on any atom is 0.144 e. The van der Waals surface area contributed by atoms with E-state index < -0.39 is 0 Å². The van der Waals surface area contributed by atoms with Gasteiger partial charge in [-0.05, 0) is 66.2 Å². The van der Waals surface area contributed by atoms with Crippen molar-refractivity contribution < 1.29 is 4.42 Å². The van der Waals surface area contributed by atoms with Crippen molar-refractivity contribution in [2.24, 2.45) is 0 Å². The first-order valence-corrected chi connectivity index (χ1v) is 17.1. The summed E-state index contributed by atoms with van der Waals surface area (Å²) in [5, 5.41) is 7.30. The molecule has 4 heteroatoms. The lowest BCUT2D eigenvalue weighted by Gasteiger charge is -2.27. The molecule has 0 aliphatic carbocycles. The van der Waals surface area contributed by atoms with E-state index in [1.165, 1.54) is 57.2 Å². The fourth-order valence-corrected chi connectivity index (χ4v) is 9.43. The SMILES string of the molecule is c1ccc(N(c2ccccc2)c2cc(-c3cc4c5ccccc5oc4c4c3sc3ccccc34)cc3sc4ccccc4c23)cc1. The summed E-state index contributed by atoms with van der Waals surface area (Å²) in [5.74, 6) is 0. The van der Waals surface area contributed by atoms with Gasteiger partial charge in [-0.15, -0.1) is 22.7 Å². The molecule has 0 amide bonds. The zero-order chi connectivity index (χ0) is 30.2. The van der Waals surface area contributed by atoms with Crippen molar-refractivity contribution in [3.05, 3.63) is 152 Å². The van der Waals surface area contributed by atoms with Gasteiger partial charge in [0.2, 0.25) is 0 Å². The first-order valence-electron chi connectivity index (χ1n) is 15.4. The third-order valence-electron chi connectivity index (χ3n) is 9.03. The maximum absolute atomic E-state index is 6.61. The summed E-state index contributed by atoms with van der Waals surface area (Å²) in [5.41, 5.74) is 7.76. The van der Waals surface area contributed by atoms with E-state index in [1.54, 1.807) is 0 Å². The van der Waals surface area contributed by atoms with E-state index in [9.17, 15) is 0 Å². The van der Waals surface area contributed by atoms with Gasteiger partial charge in [-0.1, -0.05) is 91.0 Å². The molecule has 0 saturated heterocycles. The summed E-state index contributed by atoms with van der Waals surface area (Å²) in [6.07, 6.45) is 0. The van der Waals surface area contributed by atoms with Crippen molar-refractivity contribution >= 4 is 102 Å². The number of benzene rings is 7. The molecular formula is C42H25NOS2. The summed E-state index contributed by atoms with van der Waals surface area (Å²) in [4.78, 5) is 2.42. The molecule has 10 aromatic rings. The third kappa shape index (κ3) is 3.81. The van der Waals surface area contributed by atoms with Gasteiger partial charge >= 0.3 is 0 Å². The van der Waals surface area contributed by atoms with Crippen LogP contribution in [0.4, 0.5) is 17.1 Å². The molecule has 0 fully saturated rings. The monoisotopic (exact) mass is 623 g/mol. The van der Waals surface area contributed by atoms with Crippen LogP contribution in [0.3, 0.4) is 0 Å². The lowest BCUT2D eigenvalue weighted by atomic mass is 9.96. The van der Waals surface area contributed by atoms with Gasteiger partial charge in [-0.25, -0.2) is 0 Å². The highest BCUT2D eigenvalue weighted by molar-refractivity contribution is 7.27. The molecule has 0 N–H and O–H groups in total. The number of anilines is 3. The quantitative estimate of drug-likeness (QED) is 0.194. The Bertz CT molecular complexity index is 2710. The molecule has 0 spiro atoms. The average Bonchev–Trinajstić information content (AvgIpc) is 3.80. The predicted molar refractivity (Wildman–Crippen MR) is 200 cm³/mol. The molecule has 2 nitrogen and oxygen atoms in total. The highest BCUT2D eigenvalue weighted by atomic mass is 32.1. The van der Waals surface area contributed by atoms with Gasteiger partial charge in [0.1, 0.15) is 11.2 Å². The standard InChI is InChI=1S/C42H25NOS2/c1-3-13-27(14-4-1)43(28-15-5-2-6-16-28)34-23-26(24-38-39(34)30-18-8-11-21-36(30)45-38)32-25-33-29-17-7-10-20-35(29)44-41(33)40-31-19-9-12-22-37(31)46-42(32)40/h1-25H. The minimum absolute atomic E-state index is 0.922. The molecule has 216 valence electrons. The fraction of sp³-hybridized carbons (Fsp3) is 0. The Morgan fingerprint density at radius 1 is 0.457 bits per heavy atom. The van der Waals surface area contributed by atoms with Crippen LogP contribution in [-0.4, -0.2) is 0 Å². The number of hydrogen-bond acceptors (Lipinski definition) is 4. The van der Waals surface area contributed by atoms with Crippen LogP contribution in [-0.2, 0) is 0 Å². The Morgan fingerprint density at radius 3 is 1.76 bits per heavy atom. The van der Waals surface area contributed by atoms with Gasteiger partial charge in [0.15, 0.2) is 0 Å². The normalized spacial score (nSPS) is 11.9. The number of nitrogens with zero attached hydrogens (tertiary/aromatic N) is 1. The minimum Gasteiger partial charge on any atom is -0.455 e. The first kappa shape index (κ1) is 25.9. The molecule has 10 rings (SSSR count). The van der Waals surface area contributed by atoms with Crippen LogP contribution in [0.1, 0.15) is 0 Å². The molecule has 0 unspecified atom stereocenters. The molecule has 7 aromatic carbocycles. The number of fused-ring (bicyclic) bond motifs is 10. The number of rotatable bonds is 4. The Labute approximate surface area is 273 Å². The molecular weight excluding hydrogens is 599 g/mol. The van der Waals surface area contributed by atoms with Crippen LogP contribution in [0.25, 0.3) is 73.4 Å². The van der Waals surface area contributed by atoms with E-state index in [0.29, 0.717) is 0 Å². The lowest BCUT2D eigenvalue weighted by Crippen LogP contribution is -2.10. The number of hydrogen-bond donors (Lipinski definition) is 0. The molecule has 46 heavy (non-hydrogen) atoms. The van der Waals surface area contributed by atoms with E-state index >= 15 is 0 Å². The van der Waals surface area contributed by atoms with Crippen molar-refractivity contribution in [2.75, 3.05) is 4.90 Å². The van der Waals surface area contributed by atoms with Crippen molar-refractivity contribution in [1.82, 2.24) is 0 Å². The molecule has 0 atom stereocenters. The summed E-state index contributed by atoms with van der Waals surface area (Å²) in [7, 11) is 0. The van der Waals surface area contributed by atoms with E-state index in [0.717, 1.165) is 33.3 Å². The number of furan rings is 1. The zero-order valence-electron chi connectivity index (χ0n) is 24.6. The molecule has 3 heterocycles. The third-order valence-corrected chi connectivity index (χ3v) is 11.3. The van der Waals surface area contributed by atoms with Crippen LogP contribution >= 0.6 is 22.7 Å². The minimum atomic E-state index is 0.922. The van der Waals surface area contributed by atoms with E-state index in [-0.39, 0.29) is 0 Å². The molecule has 0 aliphatic heterocycles. The lowest BCUT2D eigenvalue weighted by molar-refractivity contribution is 0.673. The van der Waals surface area contributed by atoms with Gasteiger partial charge < -0.3 is 9.32 Å². The van der Waals surface area contributed by atoms with Gasteiger partial charge in [0, 0.05) is 68.1 Å². The number of thiophene rings is 2. The van der Waals surface area contributed by atoms with Crippen LogP contribution in [0.5, 0.6) is 0 Å². The summed E-state index contributed by atoms with van der Waals surface area (Å²) >= 11 is 3.72. The van der Waals surface area contributed by atoms with Crippen molar-refractivity contribution in [3.63, 3.8) is 0 Å². The van der Waals surface area contributed by atoms with Crippen molar-refractivity contribution in [1.29, 1.82) is 0 Å². The second-order valence-corrected chi connectivity index (χ2v) is 13.8. The van der Waals surface area contributed by atoms with Gasteiger partial charge in [-0.3, -0.25) is 0 Å². The van der Waals surface area contributed by atoms with Gasteiger partial charge in [-0.2, -0.15) is 0 Å². The van der Waals surface area contributed by atoms with Crippen LogP contribution in [0.2, 0.25) is 0 Å². The van der Waals surface area contributed by atoms with E-state index in [4.69, 9.17) is 4.42 Å². The molecule has 3 aromatic heterocycles. The highest BCUT2D eigenvalue weighted by Gasteiger charge is 2.23. The maximum atomic E-state index is 6.61. The zero-order valence-corrected chi connectivity index (χ0v) is 26.2. The van der Waals surface area contributed by atoms with Crippen LogP contribution in [0.15, 0.2) is 156 Å². The summed E-state index contributed by atoms with van der Waals surface area (Å²) in [6, 6.07) is 54.6. The highest BCUT2D eigenvalue weighted by Crippen LogP contribution is 2.51. The smallest absolute Gasteiger partial charge is 0.144 e. The summed E-state index contributed by atoms with van der Waals surface area (Å²) in [6.45, 7) is 0. The Morgan fingerprint density at radius 2 is 1.04 bits per heavy atom. The molecule has 0 bridgehead atoms. The van der Waals surface area contributed by atoms with E-state index in [2.05, 4.69) is 157 Å². The topological polar surface area (TPSA) is 16.4 Å². The van der Waals surface area contributed by atoms with E-state index in [1.807, 2.05) is 22.7 Å². The second kappa shape index (κ2) is 10.0. The van der Waals surface area contributed by atoms with Crippen LogP contribution < -0.4 is 4.90 Å².